The molecule has 1 aromatic carbocycles. The summed E-state index contributed by atoms with van der Waals surface area (Å²) in [4.78, 5) is 26.1. The molecule has 106 valence electrons. The standard InChI is InChI=1S/C16H19NO3/c18-10-14(8-11-4-2-1-3-5-11)17-15(19)12-6-7-13(9-12)16(17)20/h1-5,12-14,18H,6-10H2/t12?,13?,14-/m0/s1. The fourth-order valence-electron chi connectivity index (χ4n) is 3.42. The summed E-state index contributed by atoms with van der Waals surface area (Å²) >= 11 is 0. The quantitative estimate of drug-likeness (QED) is 0.843. The highest BCUT2D eigenvalue weighted by molar-refractivity contribution is 6.01. The number of carbonyl (C=O) groups is 2. The van der Waals surface area contributed by atoms with Crippen molar-refractivity contribution in [3.63, 3.8) is 0 Å². The number of rotatable bonds is 4. The van der Waals surface area contributed by atoms with Gasteiger partial charge in [-0.1, -0.05) is 30.3 Å². The molecule has 1 aromatic rings. The van der Waals surface area contributed by atoms with Crippen molar-refractivity contribution >= 4 is 11.8 Å². The van der Waals surface area contributed by atoms with Crippen molar-refractivity contribution in [1.82, 2.24) is 4.90 Å². The second-order valence-electron chi connectivity index (χ2n) is 5.78. The zero-order chi connectivity index (χ0) is 14.1. The first-order valence-electron chi connectivity index (χ1n) is 7.22. The van der Waals surface area contributed by atoms with Crippen LogP contribution in [0.4, 0.5) is 0 Å². The molecule has 1 aliphatic carbocycles. The monoisotopic (exact) mass is 273 g/mol. The van der Waals surface area contributed by atoms with E-state index < -0.39 is 6.04 Å². The van der Waals surface area contributed by atoms with Crippen LogP contribution in [-0.2, 0) is 16.0 Å². The Labute approximate surface area is 118 Å². The van der Waals surface area contributed by atoms with Crippen molar-refractivity contribution in [3.05, 3.63) is 35.9 Å². The van der Waals surface area contributed by atoms with Crippen molar-refractivity contribution in [1.29, 1.82) is 0 Å². The van der Waals surface area contributed by atoms with Gasteiger partial charge in [0, 0.05) is 11.8 Å². The predicted octanol–water partition coefficient (Wildman–Crippen LogP) is 1.38. The van der Waals surface area contributed by atoms with Crippen LogP contribution in [0, 0.1) is 11.8 Å². The van der Waals surface area contributed by atoms with Gasteiger partial charge < -0.3 is 5.11 Å². The molecule has 0 aromatic heterocycles. The third kappa shape index (κ3) is 2.24. The molecule has 0 radical (unpaired) electrons. The average Bonchev–Trinajstić information content (AvgIpc) is 2.92. The predicted molar refractivity (Wildman–Crippen MR) is 73.7 cm³/mol. The molecule has 2 amide bonds. The molecule has 3 rings (SSSR count). The van der Waals surface area contributed by atoms with Crippen LogP contribution in [0.2, 0.25) is 0 Å². The summed E-state index contributed by atoms with van der Waals surface area (Å²) in [7, 11) is 0. The molecule has 1 heterocycles. The van der Waals surface area contributed by atoms with E-state index in [0.717, 1.165) is 18.4 Å². The highest BCUT2D eigenvalue weighted by atomic mass is 16.3. The van der Waals surface area contributed by atoms with Crippen molar-refractivity contribution in [2.75, 3.05) is 6.61 Å². The van der Waals surface area contributed by atoms with Gasteiger partial charge in [-0.15, -0.1) is 0 Å². The van der Waals surface area contributed by atoms with Crippen LogP contribution in [0.3, 0.4) is 0 Å². The molecule has 2 aliphatic rings. The van der Waals surface area contributed by atoms with Crippen LogP contribution in [0.1, 0.15) is 24.8 Å². The number of likely N-dealkylation sites (tertiary alicyclic amines) is 1. The van der Waals surface area contributed by atoms with E-state index >= 15 is 0 Å². The number of nitrogens with zero attached hydrogens (tertiary/aromatic N) is 1. The summed E-state index contributed by atoms with van der Waals surface area (Å²) in [6.07, 6.45) is 2.86. The summed E-state index contributed by atoms with van der Waals surface area (Å²) < 4.78 is 0. The topological polar surface area (TPSA) is 57.6 Å². The zero-order valence-corrected chi connectivity index (χ0v) is 11.4. The van der Waals surface area contributed by atoms with E-state index in [0.29, 0.717) is 12.8 Å². The average molecular weight is 273 g/mol. The number of benzene rings is 1. The first kappa shape index (κ1) is 13.3. The first-order valence-corrected chi connectivity index (χ1v) is 7.22. The molecule has 20 heavy (non-hydrogen) atoms. The Balaban J connectivity index is 1.81. The van der Waals surface area contributed by atoms with Gasteiger partial charge in [-0.2, -0.15) is 0 Å². The SMILES string of the molecule is O=C1C2CCC(C2)C(=O)N1[C@H](CO)Cc1ccccc1. The molecule has 3 atom stereocenters. The van der Waals surface area contributed by atoms with E-state index in [-0.39, 0.29) is 30.3 Å². The maximum atomic E-state index is 12.4. The minimum atomic E-state index is -0.430. The Morgan fingerprint density at radius 1 is 1.10 bits per heavy atom. The highest BCUT2D eigenvalue weighted by Gasteiger charge is 2.47. The summed E-state index contributed by atoms with van der Waals surface area (Å²) in [6, 6.07) is 9.25. The second kappa shape index (κ2) is 5.37. The number of imide groups is 1. The second-order valence-corrected chi connectivity index (χ2v) is 5.78. The van der Waals surface area contributed by atoms with Gasteiger partial charge in [-0.3, -0.25) is 14.5 Å². The highest BCUT2D eigenvalue weighted by Crippen LogP contribution is 2.39. The number of aliphatic hydroxyl groups excluding tert-OH is 1. The molecule has 2 fully saturated rings. The number of amides is 2. The van der Waals surface area contributed by atoms with E-state index in [1.807, 2.05) is 30.3 Å². The van der Waals surface area contributed by atoms with Gasteiger partial charge in [0.25, 0.3) is 0 Å². The van der Waals surface area contributed by atoms with Crippen LogP contribution in [0.5, 0.6) is 0 Å². The lowest BCUT2D eigenvalue weighted by Crippen LogP contribution is -2.53. The number of piperidine rings is 1. The largest absolute Gasteiger partial charge is 0.394 e. The molecule has 1 N–H and O–H groups in total. The normalized spacial score (nSPS) is 26.9. The van der Waals surface area contributed by atoms with Crippen LogP contribution in [0.25, 0.3) is 0 Å². The Morgan fingerprint density at radius 2 is 1.70 bits per heavy atom. The van der Waals surface area contributed by atoms with Gasteiger partial charge in [0.1, 0.15) is 0 Å². The van der Waals surface area contributed by atoms with E-state index in [2.05, 4.69) is 0 Å². The van der Waals surface area contributed by atoms with Crippen LogP contribution in [0.15, 0.2) is 30.3 Å². The fourth-order valence-corrected chi connectivity index (χ4v) is 3.42. The molecule has 0 spiro atoms. The molecule has 1 aliphatic heterocycles. The van der Waals surface area contributed by atoms with Crippen molar-refractivity contribution in [2.24, 2.45) is 11.8 Å². The number of carbonyl (C=O) groups excluding carboxylic acids is 2. The number of hydrogen-bond acceptors (Lipinski definition) is 3. The summed E-state index contributed by atoms with van der Waals surface area (Å²) in [5, 5.41) is 9.62. The van der Waals surface area contributed by atoms with Crippen molar-refractivity contribution in [3.8, 4) is 0 Å². The molecule has 2 bridgehead atoms. The Bertz CT molecular complexity index is 492. The molecule has 4 nitrogen and oxygen atoms in total. The molecule has 4 heteroatoms. The minimum Gasteiger partial charge on any atom is -0.394 e. The Kier molecular flexibility index (Phi) is 3.57. The lowest BCUT2D eigenvalue weighted by Gasteiger charge is -2.35. The van der Waals surface area contributed by atoms with Gasteiger partial charge in [-0.05, 0) is 31.2 Å². The van der Waals surface area contributed by atoms with E-state index in [1.165, 1.54) is 4.90 Å². The van der Waals surface area contributed by atoms with Gasteiger partial charge in [0.15, 0.2) is 0 Å². The van der Waals surface area contributed by atoms with Crippen molar-refractivity contribution in [2.45, 2.75) is 31.7 Å². The Hall–Kier alpha value is -1.68. The third-order valence-electron chi connectivity index (χ3n) is 4.50. The molecular formula is C16H19NO3. The number of aliphatic hydroxyl groups is 1. The maximum Gasteiger partial charge on any atom is 0.232 e. The summed E-state index contributed by atoms with van der Waals surface area (Å²) in [5.74, 6) is -0.192. The summed E-state index contributed by atoms with van der Waals surface area (Å²) in [6.45, 7) is -0.175. The summed E-state index contributed by atoms with van der Waals surface area (Å²) in [5.41, 5.74) is 1.03. The van der Waals surface area contributed by atoms with Crippen LogP contribution in [-0.4, -0.2) is 34.5 Å². The van der Waals surface area contributed by atoms with Crippen LogP contribution >= 0.6 is 0 Å². The third-order valence-corrected chi connectivity index (χ3v) is 4.50. The molecule has 2 unspecified atom stereocenters. The fraction of sp³-hybridized carbons (Fsp3) is 0.500. The minimum absolute atomic E-state index is 0.0116. The zero-order valence-electron chi connectivity index (χ0n) is 11.4. The van der Waals surface area contributed by atoms with E-state index in [9.17, 15) is 14.7 Å². The van der Waals surface area contributed by atoms with Gasteiger partial charge in [-0.25, -0.2) is 0 Å². The Morgan fingerprint density at radius 3 is 2.25 bits per heavy atom. The van der Waals surface area contributed by atoms with Crippen molar-refractivity contribution < 1.29 is 14.7 Å². The number of fused-ring (bicyclic) bond motifs is 2. The van der Waals surface area contributed by atoms with E-state index in [4.69, 9.17) is 0 Å². The maximum absolute atomic E-state index is 12.4. The van der Waals surface area contributed by atoms with Gasteiger partial charge in [0.05, 0.1) is 12.6 Å². The lowest BCUT2D eigenvalue weighted by molar-refractivity contribution is -0.156. The van der Waals surface area contributed by atoms with Gasteiger partial charge in [0.2, 0.25) is 11.8 Å². The molecular weight excluding hydrogens is 254 g/mol. The first-order chi connectivity index (χ1) is 9.70. The van der Waals surface area contributed by atoms with E-state index in [1.54, 1.807) is 0 Å². The molecule has 1 saturated carbocycles. The lowest BCUT2D eigenvalue weighted by atomic mass is 9.94. The van der Waals surface area contributed by atoms with Crippen LogP contribution < -0.4 is 0 Å². The van der Waals surface area contributed by atoms with Gasteiger partial charge >= 0.3 is 0 Å². The molecule has 1 saturated heterocycles. The smallest absolute Gasteiger partial charge is 0.232 e. The number of hydrogen-bond donors (Lipinski definition) is 1.